The van der Waals surface area contributed by atoms with E-state index >= 15 is 0 Å². The van der Waals surface area contributed by atoms with E-state index in [2.05, 4.69) is 42.6 Å². The van der Waals surface area contributed by atoms with E-state index in [9.17, 15) is 0 Å². The van der Waals surface area contributed by atoms with Crippen molar-refractivity contribution < 1.29 is 0 Å². The van der Waals surface area contributed by atoms with Crippen LogP contribution in [-0.2, 0) is 6.42 Å². The second kappa shape index (κ2) is 6.93. The lowest BCUT2D eigenvalue weighted by atomic mass is 10.1. The van der Waals surface area contributed by atoms with Gasteiger partial charge in [0, 0.05) is 25.1 Å². The lowest BCUT2D eigenvalue weighted by molar-refractivity contribution is 0.544. The molecule has 1 aromatic heterocycles. The van der Waals surface area contributed by atoms with E-state index in [0.29, 0.717) is 11.1 Å². The number of aromatic nitrogens is 2. The lowest BCUT2D eigenvalue weighted by Crippen LogP contribution is -2.30. The fraction of sp³-hybridized carbons (Fsp3) is 0.714. The van der Waals surface area contributed by atoms with Gasteiger partial charge in [0.05, 0.1) is 0 Å². The normalized spacial score (nSPS) is 12.6. The number of rotatable bonds is 6. The van der Waals surface area contributed by atoms with Crippen molar-refractivity contribution in [3.05, 3.63) is 16.5 Å². The zero-order valence-corrected chi connectivity index (χ0v) is 12.9. The van der Waals surface area contributed by atoms with E-state index in [1.165, 1.54) is 6.42 Å². The molecule has 18 heavy (non-hydrogen) atoms. The van der Waals surface area contributed by atoms with Gasteiger partial charge in [-0.25, -0.2) is 9.97 Å². The van der Waals surface area contributed by atoms with Gasteiger partial charge in [0.2, 0.25) is 0 Å². The molecular weight excluding hydrogens is 246 g/mol. The first kappa shape index (κ1) is 15.2. The van der Waals surface area contributed by atoms with Crippen molar-refractivity contribution in [2.24, 2.45) is 5.92 Å². The molecule has 0 spiro atoms. The molecule has 0 fully saturated rings. The summed E-state index contributed by atoms with van der Waals surface area (Å²) in [7, 11) is 0. The van der Waals surface area contributed by atoms with Gasteiger partial charge in [-0.05, 0) is 19.8 Å². The average molecular weight is 270 g/mol. The first-order chi connectivity index (χ1) is 8.53. The Morgan fingerprint density at radius 2 is 1.89 bits per heavy atom. The maximum atomic E-state index is 6.19. The molecule has 0 aromatic carbocycles. The molecule has 0 aliphatic carbocycles. The van der Waals surface area contributed by atoms with Gasteiger partial charge in [-0.3, -0.25) is 0 Å². The molecule has 1 heterocycles. The molecule has 1 rings (SSSR count). The zero-order valence-electron chi connectivity index (χ0n) is 12.1. The summed E-state index contributed by atoms with van der Waals surface area (Å²) < 4.78 is 0. The molecule has 102 valence electrons. The first-order valence-corrected chi connectivity index (χ1v) is 7.19. The van der Waals surface area contributed by atoms with E-state index in [-0.39, 0.29) is 0 Å². The van der Waals surface area contributed by atoms with Crippen molar-refractivity contribution in [3.63, 3.8) is 0 Å². The Kier molecular flexibility index (Phi) is 5.86. The Labute approximate surface area is 116 Å². The highest BCUT2D eigenvalue weighted by Crippen LogP contribution is 2.24. The molecule has 0 radical (unpaired) electrons. The third kappa shape index (κ3) is 3.58. The summed E-state index contributed by atoms with van der Waals surface area (Å²) in [6, 6.07) is 0. The second-order valence-electron chi connectivity index (χ2n) is 4.78. The third-order valence-corrected chi connectivity index (χ3v) is 3.70. The fourth-order valence-electron chi connectivity index (χ4n) is 1.86. The molecule has 0 saturated heterocycles. The predicted molar refractivity (Wildman–Crippen MR) is 78.5 cm³/mol. The minimum atomic E-state index is 0.583. The Balaban J connectivity index is 3.07. The standard InChI is InChI=1S/C14H24ClN3/c1-6-10(4)9-18(8-3)14-11(5)13(15)16-12(7-2)17-14/h10H,6-9H2,1-5H3. The van der Waals surface area contributed by atoms with Gasteiger partial charge >= 0.3 is 0 Å². The van der Waals surface area contributed by atoms with Crippen LogP contribution in [0.4, 0.5) is 5.82 Å². The molecule has 0 bridgehead atoms. The van der Waals surface area contributed by atoms with Gasteiger partial charge < -0.3 is 4.90 Å². The smallest absolute Gasteiger partial charge is 0.137 e. The van der Waals surface area contributed by atoms with Crippen LogP contribution < -0.4 is 4.90 Å². The molecule has 1 atom stereocenters. The molecule has 1 unspecified atom stereocenters. The number of aryl methyl sites for hydroxylation is 1. The molecule has 0 saturated carbocycles. The molecule has 4 heteroatoms. The molecule has 0 aliphatic heterocycles. The van der Waals surface area contributed by atoms with Gasteiger partial charge in [-0.15, -0.1) is 0 Å². The quantitative estimate of drug-likeness (QED) is 0.734. The summed E-state index contributed by atoms with van der Waals surface area (Å²) in [4.78, 5) is 11.2. The molecule has 0 N–H and O–H groups in total. The van der Waals surface area contributed by atoms with Gasteiger partial charge in [-0.2, -0.15) is 0 Å². The summed E-state index contributed by atoms with van der Waals surface area (Å²) in [6.07, 6.45) is 1.99. The summed E-state index contributed by atoms with van der Waals surface area (Å²) >= 11 is 6.19. The van der Waals surface area contributed by atoms with Gasteiger partial charge in [0.15, 0.2) is 0 Å². The van der Waals surface area contributed by atoms with Crippen LogP contribution in [0, 0.1) is 12.8 Å². The highest BCUT2D eigenvalue weighted by Gasteiger charge is 2.15. The van der Waals surface area contributed by atoms with Gasteiger partial charge in [0.25, 0.3) is 0 Å². The zero-order chi connectivity index (χ0) is 13.7. The Hall–Kier alpha value is -0.830. The Morgan fingerprint density at radius 3 is 2.39 bits per heavy atom. The van der Waals surface area contributed by atoms with Crippen LogP contribution in [0.2, 0.25) is 5.15 Å². The number of hydrogen-bond donors (Lipinski definition) is 0. The Bertz CT molecular complexity index is 393. The van der Waals surface area contributed by atoms with Crippen LogP contribution >= 0.6 is 11.6 Å². The van der Waals surface area contributed by atoms with Crippen molar-refractivity contribution in [2.45, 2.75) is 47.5 Å². The monoisotopic (exact) mass is 269 g/mol. The third-order valence-electron chi connectivity index (χ3n) is 3.33. The summed E-state index contributed by atoms with van der Waals surface area (Å²) in [5, 5.41) is 0.583. The largest absolute Gasteiger partial charge is 0.356 e. The van der Waals surface area contributed by atoms with Crippen molar-refractivity contribution in [2.75, 3.05) is 18.0 Å². The summed E-state index contributed by atoms with van der Waals surface area (Å²) in [5.74, 6) is 2.47. The first-order valence-electron chi connectivity index (χ1n) is 6.81. The molecule has 3 nitrogen and oxygen atoms in total. The maximum absolute atomic E-state index is 6.19. The number of anilines is 1. The number of nitrogens with zero attached hydrogens (tertiary/aromatic N) is 3. The van der Waals surface area contributed by atoms with Gasteiger partial charge in [0.1, 0.15) is 16.8 Å². The maximum Gasteiger partial charge on any atom is 0.137 e. The molecule has 1 aromatic rings. The van der Waals surface area contributed by atoms with Crippen molar-refractivity contribution in [3.8, 4) is 0 Å². The summed E-state index contributed by atoms with van der Waals surface area (Å²) in [6.45, 7) is 12.7. The summed E-state index contributed by atoms with van der Waals surface area (Å²) in [5.41, 5.74) is 0.985. The van der Waals surface area contributed by atoms with E-state index < -0.39 is 0 Å². The molecular formula is C14H24ClN3. The second-order valence-corrected chi connectivity index (χ2v) is 5.14. The van der Waals surface area contributed by atoms with Crippen LogP contribution in [0.25, 0.3) is 0 Å². The van der Waals surface area contributed by atoms with E-state index in [4.69, 9.17) is 11.6 Å². The number of halogens is 1. The SMILES string of the molecule is CCc1nc(Cl)c(C)c(N(CC)CC(C)CC)n1. The Morgan fingerprint density at radius 1 is 1.22 bits per heavy atom. The fourth-order valence-corrected chi connectivity index (χ4v) is 2.04. The number of hydrogen-bond acceptors (Lipinski definition) is 3. The van der Waals surface area contributed by atoms with Crippen LogP contribution in [0.3, 0.4) is 0 Å². The van der Waals surface area contributed by atoms with E-state index in [1.54, 1.807) is 0 Å². The van der Waals surface area contributed by atoms with Crippen LogP contribution in [0.5, 0.6) is 0 Å². The average Bonchev–Trinajstić information content (AvgIpc) is 2.38. The molecule has 0 aliphatic rings. The van der Waals surface area contributed by atoms with Crippen molar-refractivity contribution in [1.29, 1.82) is 0 Å². The highest BCUT2D eigenvalue weighted by molar-refractivity contribution is 6.30. The lowest BCUT2D eigenvalue weighted by Gasteiger charge is -2.27. The van der Waals surface area contributed by atoms with E-state index in [1.807, 2.05) is 6.92 Å². The minimum Gasteiger partial charge on any atom is -0.356 e. The van der Waals surface area contributed by atoms with Gasteiger partial charge in [-0.1, -0.05) is 38.8 Å². The highest BCUT2D eigenvalue weighted by atomic mass is 35.5. The predicted octanol–water partition coefficient (Wildman–Crippen LogP) is 3.87. The molecule has 0 amide bonds. The van der Waals surface area contributed by atoms with Crippen molar-refractivity contribution in [1.82, 2.24) is 9.97 Å². The topological polar surface area (TPSA) is 29.0 Å². The van der Waals surface area contributed by atoms with Crippen molar-refractivity contribution >= 4 is 17.4 Å². The van der Waals surface area contributed by atoms with Crippen LogP contribution in [0.1, 0.15) is 45.5 Å². The van der Waals surface area contributed by atoms with Crippen LogP contribution in [-0.4, -0.2) is 23.1 Å². The minimum absolute atomic E-state index is 0.583. The van der Waals surface area contributed by atoms with Crippen LogP contribution in [0.15, 0.2) is 0 Å². The van der Waals surface area contributed by atoms with E-state index in [0.717, 1.165) is 36.7 Å².